The average molecular weight is 386 g/mol. The van der Waals surface area contributed by atoms with Gasteiger partial charge in [0, 0.05) is 10.6 Å². The molecule has 1 aromatic heterocycles. The molecule has 0 radical (unpaired) electrons. The van der Waals surface area contributed by atoms with Crippen molar-refractivity contribution in [1.29, 1.82) is 0 Å². The van der Waals surface area contributed by atoms with E-state index in [0.29, 0.717) is 16.1 Å². The van der Waals surface area contributed by atoms with Crippen molar-refractivity contribution in [2.45, 2.75) is 24.1 Å². The molecule has 1 heterocycles. The van der Waals surface area contributed by atoms with E-state index in [1.807, 2.05) is 24.3 Å². The number of halogens is 1. The van der Waals surface area contributed by atoms with Gasteiger partial charge in [-0.3, -0.25) is 4.79 Å². The summed E-state index contributed by atoms with van der Waals surface area (Å²) in [4.78, 5) is 12.3. The molecule has 0 spiro atoms. The molecule has 0 saturated carbocycles. The molecule has 0 aliphatic heterocycles. The molecule has 1 unspecified atom stereocenters. The summed E-state index contributed by atoms with van der Waals surface area (Å²) in [6.45, 7) is 0. The molecule has 1 atom stereocenters. The zero-order valence-corrected chi connectivity index (χ0v) is 15.4. The number of carbonyl (C=O) groups excluding carboxylic acids is 1. The van der Waals surface area contributed by atoms with E-state index in [1.54, 1.807) is 12.1 Å². The van der Waals surface area contributed by atoms with Crippen molar-refractivity contribution in [2.75, 3.05) is 5.75 Å². The normalized spacial score (nSPS) is 15.7. The van der Waals surface area contributed by atoms with Gasteiger partial charge in [-0.2, -0.15) is 0 Å². The zero-order valence-electron chi connectivity index (χ0n) is 13.8. The quantitative estimate of drug-likeness (QED) is 0.663. The van der Waals surface area contributed by atoms with Crippen LogP contribution in [0.25, 0.3) is 11.5 Å². The van der Waals surface area contributed by atoms with Crippen LogP contribution in [-0.4, -0.2) is 21.9 Å². The fourth-order valence-corrected chi connectivity index (χ4v) is 3.75. The predicted octanol–water partition coefficient (Wildman–Crippen LogP) is 4.29. The van der Waals surface area contributed by atoms with E-state index in [0.717, 1.165) is 18.4 Å². The smallest absolute Gasteiger partial charge is 0.277 e. The van der Waals surface area contributed by atoms with E-state index in [1.165, 1.54) is 22.9 Å². The van der Waals surface area contributed by atoms with Crippen LogP contribution < -0.4 is 5.32 Å². The van der Waals surface area contributed by atoms with E-state index < -0.39 is 0 Å². The molecule has 0 fully saturated rings. The summed E-state index contributed by atoms with van der Waals surface area (Å²) in [5.41, 5.74) is 3.32. The van der Waals surface area contributed by atoms with Crippen molar-refractivity contribution in [3.63, 3.8) is 0 Å². The van der Waals surface area contributed by atoms with Crippen molar-refractivity contribution >= 4 is 29.3 Å². The van der Waals surface area contributed by atoms with Gasteiger partial charge in [-0.1, -0.05) is 47.6 Å². The number of thioether (sulfide) groups is 1. The van der Waals surface area contributed by atoms with Crippen molar-refractivity contribution in [2.24, 2.45) is 0 Å². The second-order valence-electron chi connectivity index (χ2n) is 6.03. The Labute approximate surface area is 160 Å². The van der Waals surface area contributed by atoms with E-state index in [2.05, 4.69) is 27.6 Å². The summed E-state index contributed by atoms with van der Waals surface area (Å²) in [7, 11) is 0. The first-order valence-electron chi connectivity index (χ1n) is 8.28. The number of aromatic nitrogens is 2. The van der Waals surface area contributed by atoms with Crippen LogP contribution in [0, 0.1) is 0 Å². The first-order valence-corrected chi connectivity index (χ1v) is 9.65. The van der Waals surface area contributed by atoms with Crippen LogP contribution in [-0.2, 0) is 11.2 Å². The van der Waals surface area contributed by atoms with Crippen molar-refractivity contribution in [1.82, 2.24) is 15.5 Å². The highest BCUT2D eigenvalue weighted by atomic mass is 35.5. The van der Waals surface area contributed by atoms with Crippen LogP contribution >= 0.6 is 23.4 Å². The Morgan fingerprint density at radius 3 is 2.85 bits per heavy atom. The molecule has 4 rings (SSSR count). The minimum atomic E-state index is -0.0389. The third-order valence-corrected chi connectivity index (χ3v) is 5.36. The lowest BCUT2D eigenvalue weighted by Gasteiger charge is -2.13. The molecule has 132 valence electrons. The third kappa shape index (κ3) is 3.76. The van der Waals surface area contributed by atoms with Crippen LogP contribution in [0.5, 0.6) is 0 Å². The number of aryl methyl sites for hydroxylation is 1. The lowest BCUT2D eigenvalue weighted by atomic mass is 10.1. The number of nitrogens with zero attached hydrogens (tertiary/aromatic N) is 2. The Morgan fingerprint density at radius 1 is 1.19 bits per heavy atom. The van der Waals surface area contributed by atoms with Gasteiger partial charge in [0.25, 0.3) is 5.22 Å². The maximum atomic E-state index is 12.3. The van der Waals surface area contributed by atoms with E-state index in [-0.39, 0.29) is 17.7 Å². The molecule has 1 aliphatic rings. The maximum absolute atomic E-state index is 12.3. The standard InChI is InChI=1S/C19H16ClN3O2S/c20-14-8-5-13(6-9-14)18-22-23-19(25-18)26-11-17(24)21-16-10-7-12-3-1-2-4-15(12)16/h1-6,8-9,16H,7,10-11H2,(H,21,24). The number of hydrogen-bond donors (Lipinski definition) is 1. The molecule has 26 heavy (non-hydrogen) atoms. The Morgan fingerprint density at radius 2 is 2.00 bits per heavy atom. The van der Waals surface area contributed by atoms with Gasteiger partial charge in [0.1, 0.15) is 0 Å². The average Bonchev–Trinajstić information content (AvgIpc) is 3.28. The molecule has 7 heteroatoms. The third-order valence-electron chi connectivity index (χ3n) is 4.29. The summed E-state index contributed by atoms with van der Waals surface area (Å²) in [6.07, 6.45) is 1.94. The van der Waals surface area contributed by atoms with Crippen LogP contribution in [0.4, 0.5) is 0 Å². The molecule has 2 aromatic carbocycles. The monoisotopic (exact) mass is 385 g/mol. The van der Waals surface area contributed by atoms with Gasteiger partial charge in [0.05, 0.1) is 11.8 Å². The van der Waals surface area contributed by atoms with Crippen LogP contribution in [0.2, 0.25) is 5.02 Å². The second-order valence-corrected chi connectivity index (χ2v) is 7.39. The maximum Gasteiger partial charge on any atom is 0.277 e. The number of rotatable bonds is 5. The fourth-order valence-electron chi connectivity index (χ4n) is 3.05. The van der Waals surface area contributed by atoms with E-state index in [9.17, 15) is 4.79 Å². The van der Waals surface area contributed by atoms with Gasteiger partial charge in [-0.25, -0.2) is 0 Å². The van der Waals surface area contributed by atoms with E-state index in [4.69, 9.17) is 16.0 Å². The van der Waals surface area contributed by atoms with Gasteiger partial charge < -0.3 is 9.73 Å². The summed E-state index contributed by atoms with van der Waals surface area (Å²) >= 11 is 7.11. The highest BCUT2D eigenvalue weighted by Crippen LogP contribution is 2.31. The molecule has 0 bridgehead atoms. The highest BCUT2D eigenvalue weighted by Gasteiger charge is 2.23. The minimum Gasteiger partial charge on any atom is -0.411 e. The summed E-state index contributed by atoms with van der Waals surface area (Å²) < 4.78 is 5.60. The van der Waals surface area contributed by atoms with Crippen molar-refractivity contribution in [3.8, 4) is 11.5 Å². The number of hydrogen-bond acceptors (Lipinski definition) is 5. The first kappa shape index (κ1) is 17.1. The van der Waals surface area contributed by atoms with Gasteiger partial charge in [0.15, 0.2) is 0 Å². The Bertz CT molecular complexity index is 927. The molecule has 1 aliphatic carbocycles. The summed E-state index contributed by atoms with van der Waals surface area (Å²) in [5.74, 6) is 0.609. The van der Waals surface area contributed by atoms with Crippen LogP contribution in [0.3, 0.4) is 0 Å². The largest absolute Gasteiger partial charge is 0.411 e. The van der Waals surface area contributed by atoms with Gasteiger partial charge in [0.2, 0.25) is 11.8 Å². The Balaban J connectivity index is 1.33. The number of carbonyl (C=O) groups is 1. The first-order chi connectivity index (χ1) is 12.7. The molecule has 5 nitrogen and oxygen atoms in total. The molecular weight excluding hydrogens is 370 g/mol. The van der Waals surface area contributed by atoms with Crippen molar-refractivity contribution < 1.29 is 9.21 Å². The predicted molar refractivity (Wildman–Crippen MR) is 101 cm³/mol. The van der Waals surface area contributed by atoms with Crippen molar-refractivity contribution in [3.05, 3.63) is 64.7 Å². The lowest BCUT2D eigenvalue weighted by Crippen LogP contribution is -2.28. The van der Waals surface area contributed by atoms with Gasteiger partial charge in [-0.15, -0.1) is 10.2 Å². The molecule has 1 amide bonds. The highest BCUT2D eigenvalue weighted by molar-refractivity contribution is 7.99. The lowest BCUT2D eigenvalue weighted by molar-refractivity contribution is -0.119. The topological polar surface area (TPSA) is 68.0 Å². The minimum absolute atomic E-state index is 0.0389. The number of benzene rings is 2. The summed E-state index contributed by atoms with van der Waals surface area (Å²) in [6, 6.07) is 15.5. The van der Waals surface area contributed by atoms with Crippen LogP contribution in [0.15, 0.2) is 58.2 Å². The Kier molecular flexibility index (Phi) is 4.95. The Hall–Kier alpha value is -2.31. The molecule has 3 aromatic rings. The van der Waals surface area contributed by atoms with Gasteiger partial charge >= 0.3 is 0 Å². The zero-order chi connectivity index (χ0) is 17.9. The fraction of sp³-hybridized carbons (Fsp3) is 0.211. The van der Waals surface area contributed by atoms with Gasteiger partial charge in [-0.05, 0) is 48.2 Å². The number of fused-ring (bicyclic) bond motifs is 1. The molecule has 0 saturated heterocycles. The molecule has 1 N–H and O–H groups in total. The SMILES string of the molecule is O=C(CSc1nnc(-c2ccc(Cl)cc2)o1)NC1CCc2ccccc21. The van der Waals surface area contributed by atoms with E-state index >= 15 is 0 Å². The summed E-state index contributed by atoms with van der Waals surface area (Å²) in [5, 5.41) is 12.1. The second kappa shape index (κ2) is 7.51. The van der Waals surface area contributed by atoms with Crippen LogP contribution in [0.1, 0.15) is 23.6 Å². The molecular formula is C19H16ClN3O2S. The number of amides is 1. The number of nitrogens with one attached hydrogen (secondary N) is 1.